The van der Waals surface area contributed by atoms with E-state index in [1.165, 1.54) is 0 Å². The second-order valence-corrected chi connectivity index (χ2v) is 5.39. The highest BCUT2D eigenvalue weighted by molar-refractivity contribution is 9.10. The smallest absolute Gasteiger partial charge is 0.143 e. The minimum absolute atomic E-state index is 0.346. The Labute approximate surface area is 132 Å². The Morgan fingerprint density at radius 2 is 2.14 bits per heavy atom. The molecular formula is C16H15BrN2O2. The predicted octanol–water partition coefficient (Wildman–Crippen LogP) is 3.47. The minimum Gasteiger partial charge on any atom is -0.495 e. The quantitative estimate of drug-likeness (QED) is 0.869. The van der Waals surface area contributed by atoms with Crippen LogP contribution < -0.4 is 10.1 Å². The zero-order valence-electron chi connectivity index (χ0n) is 11.5. The molecule has 0 radical (unpaired) electrons. The minimum atomic E-state index is -0.636. The molecule has 0 bridgehead atoms. The highest BCUT2D eigenvalue weighted by Crippen LogP contribution is 2.26. The van der Waals surface area contributed by atoms with Gasteiger partial charge in [-0.25, -0.2) is 0 Å². The molecule has 5 heteroatoms. The maximum atomic E-state index is 10.2. The van der Waals surface area contributed by atoms with Crippen LogP contribution in [0.5, 0.6) is 5.75 Å². The lowest BCUT2D eigenvalue weighted by atomic mass is 10.1. The number of rotatable bonds is 5. The Balaban J connectivity index is 2.08. The molecular weight excluding hydrogens is 332 g/mol. The first-order chi connectivity index (χ1) is 10.1. The average molecular weight is 347 g/mol. The van der Waals surface area contributed by atoms with E-state index in [4.69, 9.17) is 10.00 Å². The molecule has 4 nitrogen and oxygen atoms in total. The fourth-order valence-corrected chi connectivity index (χ4v) is 2.36. The number of nitriles is 1. The number of hydrogen-bond acceptors (Lipinski definition) is 4. The van der Waals surface area contributed by atoms with Crippen LogP contribution >= 0.6 is 15.9 Å². The summed E-state index contributed by atoms with van der Waals surface area (Å²) in [4.78, 5) is 0. The summed E-state index contributed by atoms with van der Waals surface area (Å²) in [6, 6.07) is 14.7. The molecule has 2 aromatic rings. The Morgan fingerprint density at radius 1 is 1.33 bits per heavy atom. The van der Waals surface area contributed by atoms with Gasteiger partial charge in [-0.15, -0.1) is 0 Å². The molecule has 0 aromatic heterocycles. The molecule has 108 valence electrons. The third kappa shape index (κ3) is 3.97. The number of methoxy groups -OCH3 is 1. The number of ether oxygens (including phenoxy) is 1. The molecule has 2 rings (SSSR count). The van der Waals surface area contributed by atoms with E-state index in [-0.39, 0.29) is 0 Å². The van der Waals surface area contributed by atoms with Crippen LogP contribution in [0.3, 0.4) is 0 Å². The van der Waals surface area contributed by atoms with Crippen LogP contribution in [0, 0.1) is 11.3 Å². The molecule has 2 N–H and O–H groups in total. The molecule has 1 atom stereocenters. The monoisotopic (exact) mass is 346 g/mol. The van der Waals surface area contributed by atoms with Gasteiger partial charge in [0.2, 0.25) is 0 Å². The van der Waals surface area contributed by atoms with Gasteiger partial charge in [0.25, 0.3) is 0 Å². The number of halogens is 1. The zero-order chi connectivity index (χ0) is 15.2. The van der Waals surface area contributed by atoms with Gasteiger partial charge in [0, 0.05) is 17.1 Å². The highest BCUT2D eigenvalue weighted by Gasteiger charge is 2.10. The van der Waals surface area contributed by atoms with Crippen LogP contribution in [-0.4, -0.2) is 18.8 Å². The third-order valence-corrected chi connectivity index (χ3v) is 3.54. The van der Waals surface area contributed by atoms with Gasteiger partial charge in [-0.1, -0.05) is 28.1 Å². The maximum absolute atomic E-state index is 10.2. The summed E-state index contributed by atoms with van der Waals surface area (Å²) in [5, 5.41) is 22.2. The standard InChI is InChI=1S/C16H15BrN2O2/c1-21-16-7-11(9-18)5-6-14(16)19-10-15(20)12-3-2-4-13(17)8-12/h2-8,15,19-20H,10H2,1H3. The number of nitrogens with one attached hydrogen (secondary N) is 1. The third-order valence-electron chi connectivity index (χ3n) is 3.05. The summed E-state index contributed by atoms with van der Waals surface area (Å²) >= 11 is 3.38. The largest absolute Gasteiger partial charge is 0.495 e. The molecule has 0 heterocycles. The number of hydrogen-bond donors (Lipinski definition) is 2. The molecule has 0 saturated heterocycles. The van der Waals surface area contributed by atoms with Crippen molar-refractivity contribution in [1.29, 1.82) is 5.26 Å². The number of aliphatic hydroxyl groups excluding tert-OH is 1. The lowest BCUT2D eigenvalue weighted by molar-refractivity contribution is 0.191. The van der Waals surface area contributed by atoms with Gasteiger partial charge in [0.15, 0.2) is 0 Å². The summed E-state index contributed by atoms with van der Waals surface area (Å²) in [6.45, 7) is 0.346. The van der Waals surface area contributed by atoms with Gasteiger partial charge in [-0.05, 0) is 29.8 Å². The Kier molecular flexibility index (Phi) is 5.20. The number of nitrogens with zero attached hydrogens (tertiary/aromatic N) is 1. The number of anilines is 1. The van der Waals surface area contributed by atoms with Gasteiger partial charge in [0.1, 0.15) is 5.75 Å². The Hall–Kier alpha value is -2.03. The Morgan fingerprint density at radius 3 is 2.81 bits per heavy atom. The van der Waals surface area contributed by atoms with E-state index < -0.39 is 6.10 Å². The second-order valence-electron chi connectivity index (χ2n) is 4.48. The normalized spacial score (nSPS) is 11.5. The van der Waals surface area contributed by atoms with Crippen LogP contribution in [0.15, 0.2) is 46.9 Å². The molecule has 2 aromatic carbocycles. The molecule has 0 spiro atoms. The fourth-order valence-electron chi connectivity index (χ4n) is 1.95. The zero-order valence-corrected chi connectivity index (χ0v) is 13.1. The van der Waals surface area contributed by atoms with Crippen molar-refractivity contribution in [3.8, 4) is 11.8 Å². The fraction of sp³-hybridized carbons (Fsp3) is 0.188. The molecule has 0 aliphatic carbocycles. The van der Waals surface area contributed by atoms with E-state index >= 15 is 0 Å². The topological polar surface area (TPSA) is 65.3 Å². The van der Waals surface area contributed by atoms with Crippen molar-refractivity contribution in [1.82, 2.24) is 0 Å². The average Bonchev–Trinajstić information content (AvgIpc) is 2.52. The molecule has 0 fully saturated rings. The first-order valence-corrected chi connectivity index (χ1v) is 7.19. The SMILES string of the molecule is COc1cc(C#N)ccc1NCC(O)c1cccc(Br)c1. The van der Waals surface area contributed by atoms with Crippen molar-refractivity contribution in [2.45, 2.75) is 6.10 Å². The molecule has 21 heavy (non-hydrogen) atoms. The molecule has 0 aliphatic rings. The van der Waals surface area contributed by atoms with E-state index in [0.29, 0.717) is 17.9 Å². The van der Waals surface area contributed by atoms with Gasteiger partial charge >= 0.3 is 0 Å². The Bertz CT molecular complexity index is 668. The number of aliphatic hydroxyl groups is 1. The van der Waals surface area contributed by atoms with E-state index in [1.807, 2.05) is 24.3 Å². The molecule has 0 aliphatic heterocycles. The van der Waals surface area contributed by atoms with E-state index in [2.05, 4.69) is 27.3 Å². The summed E-state index contributed by atoms with van der Waals surface area (Å²) in [5.74, 6) is 0.579. The number of benzene rings is 2. The lowest BCUT2D eigenvalue weighted by Gasteiger charge is -2.15. The van der Waals surface area contributed by atoms with Crippen molar-refractivity contribution >= 4 is 21.6 Å². The molecule has 0 amide bonds. The highest BCUT2D eigenvalue weighted by atomic mass is 79.9. The van der Waals surface area contributed by atoms with Gasteiger partial charge in [-0.3, -0.25) is 0 Å². The van der Waals surface area contributed by atoms with Gasteiger partial charge in [0.05, 0.1) is 30.5 Å². The van der Waals surface area contributed by atoms with Crippen molar-refractivity contribution in [3.63, 3.8) is 0 Å². The van der Waals surface area contributed by atoms with Crippen LogP contribution in [0.2, 0.25) is 0 Å². The first-order valence-electron chi connectivity index (χ1n) is 6.39. The van der Waals surface area contributed by atoms with E-state index in [9.17, 15) is 5.11 Å². The summed E-state index contributed by atoms with van der Waals surface area (Å²) in [7, 11) is 1.55. The summed E-state index contributed by atoms with van der Waals surface area (Å²) in [6.07, 6.45) is -0.636. The second kappa shape index (κ2) is 7.11. The maximum Gasteiger partial charge on any atom is 0.143 e. The molecule has 0 saturated carbocycles. The van der Waals surface area contributed by atoms with Crippen molar-refractivity contribution < 1.29 is 9.84 Å². The lowest BCUT2D eigenvalue weighted by Crippen LogP contribution is -2.12. The van der Waals surface area contributed by atoms with Crippen molar-refractivity contribution in [2.24, 2.45) is 0 Å². The molecule has 1 unspecified atom stereocenters. The van der Waals surface area contributed by atoms with Crippen molar-refractivity contribution in [3.05, 3.63) is 58.1 Å². The van der Waals surface area contributed by atoms with Gasteiger partial charge in [-0.2, -0.15) is 5.26 Å². The first kappa shape index (κ1) is 15.4. The van der Waals surface area contributed by atoms with Crippen LogP contribution in [0.4, 0.5) is 5.69 Å². The van der Waals surface area contributed by atoms with Crippen LogP contribution in [0.25, 0.3) is 0 Å². The summed E-state index contributed by atoms with van der Waals surface area (Å²) in [5.41, 5.74) is 2.10. The summed E-state index contributed by atoms with van der Waals surface area (Å²) < 4.78 is 6.17. The van der Waals surface area contributed by atoms with Gasteiger partial charge < -0.3 is 15.2 Å². The van der Waals surface area contributed by atoms with Crippen LogP contribution in [-0.2, 0) is 0 Å². The van der Waals surface area contributed by atoms with E-state index in [1.54, 1.807) is 25.3 Å². The van der Waals surface area contributed by atoms with Crippen LogP contribution in [0.1, 0.15) is 17.2 Å². The van der Waals surface area contributed by atoms with Crippen molar-refractivity contribution in [2.75, 3.05) is 19.0 Å². The predicted molar refractivity (Wildman–Crippen MR) is 85.3 cm³/mol. The van der Waals surface area contributed by atoms with E-state index in [0.717, 1.165) is 15.7 Å².